The number of rotatable bonds is 5. The minimum Gasteiger partial charge on any atom is -0.384 e. The fourth-order valence-electron chi connectivity index (χ4n) is 1.57. The van der Waals surface area contributed by atoms with Gasteiger partial charge < -0.3 is 5.32 Å². The molecule has 0 aliphatic carbocycles. The molecule has 0 radical (unpaired) electrons. The molecule has 2 aromatic rings. The van der Waals surface area contributed by atoms with Gasteiger partial charge in [0, 0.05) is 25.1 Å². The minimum atomic E-state index is -3.76. The Morgan fingerprint density at radius 3 is 2.80 bits per heavy atom. The molecule has 0 bridgehead atoms. The Balaban J connectivity index is 2.39. The summed E-state index contributed by atoms with van der Waals surface area (Å²) in [5.41, 5.74) is 0.502. The quantitative estimate of drug-likeness (QED) is 0.859. The van der Waals surface area contributed by atoms with Gasteiger partial charge in [0.15, 0.2) is 5.82 Å². The van der Waals surface area contributed by atoms with E-state index in [0.29, 0.717) is 16.7 Å². The molecule has 0 aliphatic heterocycles. The maximum Gasteiger partial charge on any atom is 0.266 e. The normalized spacial score (nSPS) is 11.1. The molecular weight excluding hydrogens is 344 g/mol. The monoisotopic (exact) mass is 356 g/mol. The van der Waals surface area contributed by atoms with Crippen LogP contribution in [0.5, 0.6) is 0 Å². The summed E-state index contributed by atoms with van der Waals surface area (Å²) in [6.45, 7) is 2.50. The van der Waals surface area contributed by atoms with Crippen molar-refractivity contribution in [3.63, 3.8) is 0 Å². The predicted octanol–water partition coefficient (Wildman–Crippen LogP) is 2.47. The zero-order valence-corrected chi connectivity index (χ0v) is 13.1. The van der Waals surface area contributed by atoms with Crippen molar-refractivity contribution in [3.05, 3.63) is 41.3 Å². The van der Waals surface area contributed by atoms with Crippen LogP contribution in [0, 0.1) is 0 Å². The molecule has 6 nitrogen and oxygen atoms in total. The lowest BCUT2D eigenvalue weighted by atomic mass is 10.4. The summed E-state index contributed by atoms with van der Waals surface area (Å²) in [7, 11) is -3.76. The van der Waals surface area contributed by atoms with Crippen LogP contribution in [0.15, 0.2) is 46.2 Å². The van der Waals surface area contributed by atoms with Crippen molar-refractivity contribution >= 4 is 37.5 Å². The second-order valence-electron chi connectivity index (χ2n) is 3.84. The second-order valence-corrected chi connectivity index (χ2v) is 6.35. The van der Waals surface area contributed by atoms with Crippen LogP contribution in [0.4, 0.5) is 11.5 Å². The van der Waals surface area contributed by atoms with Gasteiger partial charge in [-0.15, -0.1) is 0 Å². The summed E-state index contributed by atoms with van der Waals surface area (Å²) in [5, 5.41) is 2.99. The summed E-state index contributed by atoms with van der Waals surface area (Å²) in [4.78, 5) is 7.94. The number of halogens is 1. The molecule has 0 atom stereocenters. The van der Waals surface area contributed by atoms with E-state index in [9.17, 15) is 8.42 Å². The molecule has 0 saturated heterocycles. The van der Waals surface area contributed by atoms with Crippen LogP contribution in [0.3, 0.4) is 0 Å². The van der Waals surface area contributed by atoms with E-state index in [2.05, 4.69) is 35.9 Å². The highest BCUT2D eigenvalue weighted by molar-refractivity contribution is 9.10. The van der Waals surface area contributed by atoms with Gasteiger partial charge in [-0.3, -0.25) is 9.71 Å². The average Bonchev–Trinajstić information content (AvgIpc) is 2.42. The number of pyridine rings is 2. The highest BCUT2D eigenvalue weighted by Gasteiger charge is 2.20. The highest BCUT2D eigenvalue weighted by atomic mass is 79.9. The molecule has 0 amide bonds. The maximum absolute atomic E-state index is 12.4. The van der Waals surface area contributed by atoms with Gasteiger partial charge in [0.05, 0.1) is 10.2 Å². The first-order chi connectivity index (χ1) is 9.54. The average molecular weight is 357 g/mol. The fraction of sp³-hybridized carbons (Fsp3) is 0.167. The lowest BCUT2D eigenvalue weighted by molar-refractivity contribution is 0.601. The van der Waals surface area contributed by atoms with Crippen molar-refractivity contribution in [1.29, 1.82) is 0 Å². The summed E-state index contributed by atoms with van der Waals surface area (Å²) in [5.74, 6) is 0.235. The van der Waals surface area contributed by atoms with Gasteiger partial charge in [0.2, 0.25) is 0 Å². The molecule has 0 aliphatic rings. The molecule has 106 valence electrons. The fourth-order valence-corrected chi connectivity index (χ4v) is 3.22. The largest absolute Gasteiger partial charge is 0.384 e. The Morgan fingerprint density at radius 1 is 1.30 bits per heavy atom. The SMILES string of the molecule is CCNc1ccncc1S(=O)(=O)Nc1ncccc1Br. The third-order valence-electron chi connectivity index (χ3n) is 2.43. The van der Waals surface area contributed by atoms with Crippen molar-refractivity contribution in [3.8, 4) is 0 Å². The van der Waals surface area contributed by atoms with Crippen LogP contribution in [0.25, 0.3) is 0 Å². The molecule has 8 heteroatoms. The lowest BCUT2D eigenvalue weighted by Crippen LogP contribution is -2.16. The molecule has 0 fully saturated rings. The second kappa shape index (κ2) is 6.19. The molecule has 0 unspecified atom stereocenters. The number of nitrogens with one attached hydrogen (secondary N) is 2. The Labute approximate surface area is 125 Å². The summed E-state index contributed by atoms with van der Waals surface area (Å²) in [6, 6.07) is 5.03. The molecule has 20 heavy (non-hydrogen) atoms. The van der Waals surface area contributed by atoms with Gasteiger partial charge in [0.25, 0.3) is 10.0 Å². The van der Waals surface area contributed by atoms with E-state index in [1.165, 1.54) is 18.6 Å². The van der Waals surface area contributed by atoms with Gasteiger partial charge in [-0.2, -0.15) is 0 Å². The zero-order valence-electron chi connectivity index (χ0n) is 10.7. The van der Waals surface area contributed by atoms with Crippen molar-refractivity contribution < 1.29 is 8.42 Å². The first-order valence-electron chi connectivity index (χ1n) is 5.86. The summed E-state index contributed by atoms with van der Waals surface area (Å²) < 4.78 is 27.8. The first kappa shape index (κ1) is 14.7. The Bertz CT molecular complexity index is 706. The smallest absolute Gasteiger partial charge is 0.266 e. The van der Waals surface area contributed by atoms with Crippen molar-refractivity contribution in [2.75, 3.05) is 16.6 Å². The summed E-state index contributed by atoms with van der Waals surface area (Å²) in [6.07, 6.45) is 4.35. The van der Waals surface area contributed by atoms with Crippen LogP contribution in [0.2, 0.25) is 0 Å². The topological polar surface area (TPSA) is 84.0 Å². The van der Waals surface area contributed by atoms with Crippen molar-refractivity contribution in [2.45, 2.75) is 11.8 Å². The van der Waals surface area contributed by atoms with Crippen LogP contribution in [0.1, 0.15) is 6.92 Å². The lowest BCUT2D eigenvalue weighted by Gasteiger charge is -2.12. The van der Waals surface area contributed by atoms with Crippen molar-refractivity contribution in [1.82, 2.24) is 9.97 Å². The van der Waals surface area contributed by atoms with E-state index in [0.717, 1.165) is 0 Å². The number of hydrogen-bond acceptors (Lipinski definition) is 5. The van der Waals surface area contributed by atoms with Crippen LogP contribution in [-0.2, 0) is 10.0 Å². The van der Waals surface area contributed by atoms with Gasteiger partial charge in [0.1, 0.15) is 4.90 Å². The Kier molecular flexibility index (Phi) is 4.56. The minimum absolute atomic E-state index is 0.0828. The number of anilines is 2. The number of sulfonamides is 1. The third kappa shape index (κ3) is 3.26. The maximum atomic E-state index is 12.4. The first-order valence-corrected chi connectivity index (χ1v) is 8.13. The van der Waals surface area contributed by atoms with Gasteiger partial charge in [-0.05, 0) is 41.1 Å². The molecule has 2 rings (SSSR count). The number of nitrogens with zero attached hydrogens (tertiary/aromatic N) is 2. The number of aromatic nitrogens is 2. The third-order valence-corrected chi connectivity index (χ3v) is 4.44. The van der Waals surface area contributed by atoms with Gasteiger partial charge in [-0.25, -0.2) is 13.4 Å². The Morgan fingerprint density at radius 2 is 2.10 bits per heavy atom. The van der Waals surface area contributed by atoms with Gasteiger partial charge in [-0.1, -0.05) is 0 Å². The number of hydrogen-bond donors (Lipinski definition) is 2. The van der Waals surface area contributed by atoms with E-state index in [4.69, 9.17) is 0 Å². The standard InChI is InChI=1S/C12H13BrN4O2S/c1-2-15-10-5-7-14-8-11(10)20(18,19)17-12-9(13)4-3-6-16-12/h3-8H,2H2,1H3,(H,14,15)(H,16,17). The molecule has 2 N–H and O–H groups in total. The summed E-state index contributed by atoms with van der Waals surface area (Å²) >= 11 is 3.25. The van der Waals surface area contributed by atoms with E-state index >= 15 is 0 Å². The zero-order chi connectivity index (χ0) is 14.6. The molecular formula is C12H13BrN4O2S. The Hall–Kier alpha value is -1.67. The van der Waals surface area contributed by atoms with E-state index in [-0.39, 0.29) is 10.7 Å². The van der Waals surface area contributed by atoms with Crippen LogP contribution in [-0.4, -0.2) is 24.9 Å². The molecule has 0 aromatic carbocycles. The molecule has 2 aromatic heterocycles. The van der Waals surface area contributed by atoms with E-state index in [1.54, 1.807) is 18.2 Å². The van der Waals surface area contributed by atoms with Crippen LogP contribution < -0.4 is 10.0 Å². The van der Waals surface area contributed by atoms with Crippen LogP contribution >= 0.6 is 15.9 Å². The van der Waals surface area contributed by atoms with E-state index < -0.39 is 10.0 Å². The predicted molar refractivity (Wildman–Crippen MR) is 81.1 cm³/mol. The van der Waals surface area contributed by atoms with Crippen molar-refractivity contribution in [2.24, 2.45) is 0 Å². The molecule has 2 heterocycles. The van der Waals surface area contributed by atoms with E-state index in [1.807, 2.05) is 6.92 Å². The van der Waals surface area contributed by atoms with Gasteiger partial charge >= 0.3 is 0 Å². The molecule has 0 spiro atoms. The molecule has 0 saturated carbocycles. The highest BCUT2D eigenvalue weighted by Crippen LogP contribution is 2.25.